The fraction of sp³-hybridized carbons (Fsp3) is 0.385. The number of benzene rings is 1. The molecule has 0 saturated carbocycles. The Morgan fingerprint density at radius 3 is 1.83 bits per heavy atom. The number of allylic oxidation sites excluding steroid dienone is 1. The second kappa shape index (κ2) is 6.81. The Hall–Kier alpha value is -1.71. The van der Waals surface area contributed by atoms with Crippen LogP contribution < -0.4 is 4.72 Å². The van der Waals surface area contributed by atoms with E-state index in [2.05, 4.69) is 0 Å². The molecule has 0 aromatic heterocycles. The monoisotopic (exact) mass is 361 g/mol. The van der Waals surface area contributed by atoms with Crippen molar-refractivity contribution in [2.24, 2.45) is 0 Å². The maximum atomic E-state index is 12.3. The first kappa shape index (κ1) is 19.3. The van der Waals surface area contributed by atoms with Crippen LogP contribution in [0.5, 0.6) is 0 Å². The van der Waals surface area contributed by atoms with Gasteiger partial charge in [-0.1, -0.05) is 17.7 Å². The van der Waals surface area contributed by atoms with Crippen molar-refractivity contribution >= 4 is 10.0 Å². The highest BCUT2D eigenvalue weighted by molar-refractivity contribution is 7.89. The second-order valence-corrected chi connectivity index (χ2v) is 6.53. The van der Waals surface area contributed by atoms with Crippen molar-refractivity contribution in [3.8, 4) is 0 Å². The molecule has 0 heterocycles. The number of alkyl halides is 6. The van der Waals surface area contributed by atoms with Gasteiger partial charge in [0.2, 0.25) is 0 Å². The summed E-state index contributed by atoms with van der Waals surface area (Å²) in [6.45, 7) is 1.69. The molecule has 0 spiro atoms. The number of aryl methyl sites for hydroxylation is 1. The summed E-state index contributed by atoms with van der Waals surface area (Å²) in [5.74, 6) is 0. The van der Waals surface area contributed by atoms with Crippen molar-refractivity contribution < 1.29 is 34.8 Å². The summed E-state index contributed by atoms with van der Waals surface area (Å²) in [4.78, 5) is -0.266. The molecule has 3 nitrogen and oxygen atoms in total. The molecule has 1 rings (SSSR count). The lowest BCUT2D eigenvalue weighted by Gasteiger charge is -2.13. The van der Waals surface area contributed by atoms with Crippen molar-refractivity contribution in [1.82, 2.24) is 4.72 Å². The fourth-order valence-electron chi connectivity index (χ4n) is 1.63. The van der Waals surface area contributed by atoms with E-state index in [1.54, 1.807) is 11.6 Å². The third-order valence-corrected chi connectivity index (χ3v) is 3.93. The quantitative estimate of drug-likeness (QED) is 0.804. The maximum Gasteiger partial charge on any atom is 0.392 e. The summed E-state index contributed by atoms with van der Waals surface area (Å²) in [7, 11) is -4.24. The van der Waals surface area contributed by atoms with E-state index in [0.717, 1.165) is 5.56 Å². The molecule has 0 aliphatic rings. The molecule has 1 aromatic carbocycles. The Kier molecular flexibility index (Phi) is 5.73. The highest BCUT2D eigenvalue weighted by Crippen LogP contribution is 2.32. The van der Waals surface area contributed by atoms with Gasteiger partial charge in [0.25, 0.3) is 10.0 Å². The molecule has 0 saturated heterocycles. The lowest BCUT2D eigenvalue weighted by Crippen LogP contribution is -2.21. The van der Waals surface area contributed by atoms with Crippen LogP contribution in [0.25, 0.3) is 0 Å². The third kappa shape index (κ3) is 7.40. The van der Waals surface area contributed by atoms with Crippen LogP contribution in [0.3, 0.4) is 0 Å². The minimum atomic E-state index is -4.88. The predicted molar refractivity (Wildman–Crippen MR) is 70.9 cm³/mol. The van der Waals surface area contributed by atoms with Crippen LogP contribution in [0.4, 0.5) is 26.3 Å². The Morgan fingerprint density at radius 1 is 1.00 bits per heavy atom. The summed E-state index contributed by atoms with van der Waals surface area (Å²) < 4.78 is 99.1. The zero-order chi connectivity index (χ0) is 17.9. The van der Waals surface area contributed by atoms with Gasteiger partial charge in [0.1, 0.15) is 0 Å². The maximum absolute atomic E-state index is 12.3. The molecule has 0 fully saturated rings. The van der Waals surface area contributed by atoms with Gasteiger partial charge in [-0.05, 0) is 24.6 Å². The Balaban J connectivity index is 3.00. The highest BCUT2D eigenvalue weighted by atomic mass is 32.2. The third-order valence-electron chi connectivity index (χ3n) is 2.60. The van der Waals surface area contributed by atoms with E-state index >= 15 is 0 Å². The van der Waals surface area contributed by atoms with Crippen LogP contribution in [0, 0.1) is 6.92 Å². The molecule has 1 N–H and O–H groups in total. The van der Waals surface area contributed by atoms with Crippen molar-refractivity contribution in [1.29, 1.82) is 0 Å². The topological polar surface area (TPSA) is 46.2 Å². The van der Waals surface area contributed by atoms with Gasteiger partial charge in [0, 0.05) is 6.20 Å². The van der Waals surface area contributed by atoms with Gasteiger partial charge in [0.05, 0.1) is 17.7 Å². The SMILES string of the molecule is Cc1ccc(S(=O)(=O)NC=C(CC(F)(F)F)CC(F)(F)F)cc1. The molecule has 0 bridgehead atoms. The number of halogens is 6. The zero-order valence-corrected chi connectivity index (χ0v) is 12.6. The first-order chi connectivity index (χ1) is 10.3. The summed E-state index contributed by atoms with van der Waals surface area (Å²) >= 11 is 0. The predicted octanol–water partition coefficient (Wildman–Crippen LogP) is 4.06. The van der Waals surface area contributed by atoms with E-state index in [9.17, 15) is 34.8 Å². The molecule has 0 aliphatic carbocycles. The van der Waals surface area contributed by atoms with Crippen molar-refractivity contribution in [3.05, 3.63) is 41.6 Å². The van der Waals surface area contributed by atoms with Crippen molar-refractivity contribution in [3.63, 3.8) is 0 Å². The van der Waals surface area contributed by atoms with E-state index in [1.165, 1.54) is 24.3 Å². The first-order valence-electron chi connectivity index (χ1n) is 6.19. The number of sulfonamides is 1. The lowest BCUT2D eigenvalue weighted by molar-refractivity contribution is -0.142. The average molecular weight is 361 g/mol. The minimum absolute atomic E-state index is 0.246. The molecule has 23 heavy (non-hydrogen) atoms. The van der Waals surface area contributed by atoms with E-state index in [-0.39, 0.29) is 11.1 Å². The molecule has 0 amide bonds. The summed E-state index contributed by atoms with van der Waals surface area (Å²) in [5.41, 5.74) is -0.380. The van der Waals surface area contributed by atoms with Crippen LogP contribution in [0.15, 0.2) is 40.9 Å². The number of rotatable bonds is 5. The van der Waals surface area contributed by atoms with Gasteiger partial charge < -0.3 is 0 Å². The molecular formula is C13H13F6NO2S. The summed E-state index contributed by atoms with van der Waals surface area (Å²) in [6, 6.07) is 5.28. The minimum Gasteiger partial charge on any atom is -0.286 e. The van der Waals surface area contributed by atoms with Crippen LogP contribution >= 0.6 is 0 Å². The Morgan fingerprint density at radius 2 is 1.43 bits per heavy atom. The van der Waals surface area contributed by atoms with E-state index in [0.29, 0.717) is 0 Å². The molecule has 0 atom stereocenters. The van der Waals surface area contributed by atoms with Gasteiger partial charge >= 0.3 is 12.4 Å². The standard InChI is InChI=1S/C13H13F6NO2S/c1-9-2-4-11(5-3-9)23(21,22)20-8-10(6-12(14,15)16)7-13(17,18)19/h2-5,8,20H,6-7H2,1H3. The van der Waals surface area contributed by atoms with Gasteiger partial charge in [-0.2, -0.15) is 26.3 Å². The van der Waals surface area contributed by atoms with Crippen LogP contribution in [-0.2, 0) is 10.0 Å². The molecular weight excluding hydrogens is 348 g/mol. The van der Waals surface area contributed by atoms with E-state index in [1.807, 2.05) is 0 Å². The van der Waals surface area contributed by atoms with Crippen molar-refractivity contribution in [2.75, 3.05) is 0 Å². The lowest BCUT2D eigenvalue weighted by atomic mass is 10.1. The zero-order valence-electron chi connectivity index (χ0n) is 11.8. The van der Waals surface area contributed by atoms with Gasteiger partial charge in [-0.15, -0.1) is 0 Å². The molecule has 0 aliphatic heterocycles. The number of hydrogen-bond acceptors (Lipinski definition) is 2. The molecule has 130 valence electrons. The first-order valence-corrected chi connectivity index (χ1v) is 7.67. The summed E-state index contributed by atoms with van der Waals surface area (Å²) in [5, 5.41) is 0. The molecule has 10 heteroatoms. The largest absolute Gasteiger partial charge is 0.392 e. The summed E-state index contributed by atoms with van der Waals surface area (Å²) in [6.07, 6.45) is -13.2. The van der Waals surface area contributed by atoms with Crippen LogP contribution in [0.2, 0.25) is 0 Å². The smallest absolute Gasteiger partial charge is 0.286 e. The molecule has 0 radical (unpaired) electrons. The van der Waals surface area contributed by atoms with E-state index < -0.39 is 40.8 Å². The molecule has 1 aromatic rings. The Bertz CT molecular complexity index is 641. The van der Waals surface area contributed by atoms with Gasteiger partial charge in [0.15, 0.2) is 0 Å². The van der Waals surface area contributed by atoms with Gasteiger partial charge in [-0.3, -0.25) is 4.72 Å². The van der Waals surface area contributed by atoms with Gasteiger partial charge in [-0.25, -0.2) is 8.42 Å². The van der Waals surface area contributed by atoms with Crippen LogP contribution in [0.1, 0.15) is 18.4 Å². The average Bonchev–Trinajstić information content (AvgIpc) is 2.33. The highest BCUT2D eigenvalue weighted by Gasteiger charge is 2.35. The number of hydrogen-bond donors (Lipinski definition) is 1. The van der Waals surface area contributed by atoms with Crippen LogP contribution in [-0.4, -0.2) is 20.8 Å². The second-order valence-electron chi connectivity index (χ2n) is 4.82. The Labute approximate surface area is 129 Å². The normalized spacial score (nSPS) is 12.8. The molecule has 0 unspecified atom stereocenters. The van der Waals surface area contributed by atoms with Crippen molar-refractivity contribution in [2.45, 2.75) is 37.0 Å². The van der Waals surface area contributed by atoms with E-state index in [4.69, 9.17) is 0 Å². The number of nitrogens with one attached hydrogen (secondary N) is 1. The fourth-order valence-corrected chi connectivity index (χ4v) is 2.58.